The lowest BCUT2D eigenvalue weighted by molar-refractivity contribution is 0.482. The number of hydrogen-bond acceptors (Lipinski definition) is 2. The van der Waals surface area contributed by atoms with Crippen molar-refractivity contribution < 1.29 is 8.42 Å². The lowest BCUT2D eigenvalue weighted by Gasteiger charge is -2.19. The average molecular weight is 267 g/mol. The van der Waals surface area contributed by atoms with Crippen molar-refractivity contribution in [3.63, 3.8) is 0 Å². The van der Waals surface area contributed by atoms with Crippen LogP contribution < -0.4 is 0 Å². The Balaban J connectivity index is 2.43. The molecule has 1 fully saturated rings. The summed E-state index contributed by atoms with van der Waals surface area (Å²) in [6, 6.07) is 0. The molecule has 100 valence electrons. The zero-order valence-corrected chi connectivity index (χ0v) is 12.2. The van der Waals surface area contributed by atoms with Gasteiger partial charge in [0.1, 0.15) is 0 Å². The summed E-state index contributed by atoms with van der Waals surface area (Å²) >= 11 is 0. The van der Waals surface area contributed by atoms with Crippen LogP contribution in [0.2, 0.25) is 0 Å². The second-order valence-corrected chi connectivity index (χ2v) is 7.23. The normalized spacial score (nSPS) is 22.8. The number of allylic oxidation sites excluding steroid dienone is 6. The molecule has 1 heterocycles. The third-order valence-electron chi connectivity index (χ3n) is 3.51. The topological polar surface area (TPSA) is 37.4 Å². The van der Waals surface area contributed by atoms with E-state index in [1.165, 1.54) is 0 Å². The van der Waals surface area contributed by atoms with Crippen LogP contribution in [0.4, 0.5) is 0 Å². The maximum absolute atomic E-state index is 12.6. The first-order chi connectivity index (χ1) is 8.41. The molecule has 1 aliphatic carbocycles. The molecule has 0 aromatic carbocycles. The Bertz CT molecular complexity index is 532. The monoisotopic (exact) mass is 267 g/mol. The summed E-state index contributed by atoms with van der Waals surface area (Å²) in [4.78, 5) is 0.579. The zero-order chi connectivity index (χ0) is 13.3. The molecule has 2 aliphatic rings. The maximum atomic E-state index is 12.6. The van der Waals surface area contributed by atoms with Gasteiger partial charge in [-0.2, -0.15) is 4.31 Å². The Morgan fingerprint density at radius 3 is 2.28 bits per heavy atom. The molecule has 1 saturated heterocycles. The van der Waals surface area contributed by atoms with Gasteiger partial charge in [0.05, 0.1) is 4.91 Å². The lowest BCUT2D eigenvalue weighted by atomic mass is 10.2. The van der Waals surface area contributed by atoms with E-state index in [-0.39, 0.29) is 0 Å². The third kappa shape index (κ3) is 2.59. The van der Waals surface area contributed by atoms with Crippen LogP contribution in [-0.2, 0) is 10.0 Å². The van der Waals surface area contributed by atoms with E-state index in [0.29, 0.717) is 24.4 Å². The van der Waals surface area contributed by atoms with Gasteiger partial charge in [-0.15, -0.1) is 0 Å². The van der Waals surface area contributed by atoms with E-state index in [4.69, 9.17) is 0 Å². The lowest BCUT2D eigenvalue weighted by Crippen LogP contribution is -2.29. The molecule has 0 bridgehead atoms. The molecule has 0 radical (unpaired) electrons. The Labute approximate surface area is 110 Å². The standard InChI is InChI=1S/C14H21NO2S/c1-11-8-12(2)10-14(13(3)9-11)18(16,17)15-6-4-5-7-15/h8-9H,4-7,10H2,1-3H3. The summed E-state index contributed by atoms with van der Waals surface area (Å²) < 4.78 is 26.9. The first kappa shape index (κ1) is 13.6. The van der Waals surface area contributed by atoms with E-state index in [2.05, 4.69) is 6.08 Å². The van der Waals surface area contributed by atoms with Crippen molar-refractivity contribution in [2.75, 3.05) is 13.1 Å². The molecule has 0 saturated carbocycles. The molecule has 0 atom stereocenters. The zero-order valence-electron chi connectivity index (χ0n) is 11.4. The van der Waals surface area contributed by atoms with Crippen molar-refractivity contribution in [3.8, 4) is 0 Å². The van der Waals surface area contributed by atoms with Gasteiger partial charge < -0.3 is 0 Å². The molecule has 0 N–H and O–H groups in total. The van der Waals surface area contributed by atoms with Crippen molar-refractivity contribution in [3.05, 3.63) is 33.8 Å². The highest BCUT2D eigenvalue weighted by atomic mass is 32.2. The molecule has 3 nitrogen and oxygen atoms in total. The predicted molar refractivity (Wildman–Crippen MR) is 74.6 cm³/mol. The minimum atomic E-state index is -3.26. The number of nitrogens with zero attached hydrogens (tertiary/aromatic N) is 1. The van der Waals surface area contributed by atoms with Crippen LogP contribution in [0.3, 0.4) is 0 Å². The van der Waals surface area contributed by atoms with Crippen molar-refractivity contribution in [1.29, 1.82) is 0 Å². The first-order valence-electron chi connectivity index (χ1n) is 6.46. The minimum Gasteiger partial charge on any atom is -0.207 e. The van der Waals surface area contributed by atoms with Crippen LogP contribution in [-0.4, -0.2) is 25.8 Å². The molecule has 4 heteroatoms. The Morgan fingerprint density at radius 1 is 1.06 bits per heavy atom. The smallest absolute Gasteiger partial charge is 0.207 e. The molecule has 0 spiro atoms. The highest BCUT2D eigenvalue weighted by molar-refractivity contribution is 7.93. The number of hydrogen-bond donors (Lipinski definition) is 0. The van der Waals surface area contributed by atoms with Crippen LogP contribution in [0.5, 0.6) is 0 Å². The summed E-state index contributed by atoms with van der Waals surface area (Å²) in [6.45, 7) is 7.25. The Morgan fingerprint density at radius 2 is 1.67 bits per heavy atom. The molecular weight excluding hydrogens is 246 g/mol. The van der Waals surface area contributed by atoms with E-state index < -0.39 is 10.0 Å². The summed E-state index contributed by atoms with van der Waals surface area (Å²) in [7, 11) is -3.26. The van der Waals surface area contributed by atoms with Gasteiger partial charge in [0.2, 0.25) is 10.0 Å². The van der Waals surface area contributed by atoms with Crippen LogP contribution >= 0.6 is 0 Å². The van der Waals surface area contributed by atoms with Crippen molar-refractivity contribution >= 4 is 10.0 Å². The first-order valence-corrected chi connectivity index (χ1v) is 7.90. The van der Waals surface area contributed by atoms with Crippen LogP contribution in [0.1, 0.15) is 40.0 Å². The van der Waals surface area contributed by atoms with Crippen LogP contribution in [0.15, 0.2) is 33.8 Å². The van der Waals surface area contributed by atoms with Gasteiger partial charge in [0.15, 0.2) is 0 Å². The van der Waals surface area contributed by atoms with Gasteiger partial charge >= 0.3 is 0 Å². The fourth-order valence-corrected chi connectivity index (χ4v) is 4.60. The fraction of sp³-hybridized carbons (Fsp3) is 0.571. The number of rotatable bonds is 2. The molecule has 0 amide bonds. The van der Waals surface area contributed by atoms with Crippen LogP contribution in [0.25, 0.3) is 0 Å². The number of sulfonamides is 1. The van der Waals surface area contributed by atoms with Crippen molar-refractivity contribution in [2.24, 2.45) is 0 Å². The average Bonchev–Trinajstić information content (AvgIpc) is 2.74. The van der Waals surface area contributed by atoms with E-state index in [9.17, 15) is 8.42 Å². The summed E-state index contributed by atoms with van der Waals surface area (Å²) in [5, 5.41) is 0. The SMILES string of the molecule is CC1=CC(C)=C(S(=O)(=O)N2CCCC2)CC(C)=C1. The van der Waals surface area contributed by atoms with Gasteiger partial charge in [-0.3, -0.25) is 0 Å². The second-order valence-electron chi connectivity index (χ2n) is 5.27. The molecular formula is C14H21NO2S. The van der Waals surface area contributed by atoms with E-state index in [1.807, 2.05) is 26.8 Å². The largest absolute Gasteiger partial charge is 0.239 e. The molecule has 18 heavy (non-hydrogen) atoms. The molecule has 1 aliphatic heterocycles. The van der Waals surface area contributed by atoms with Crippen molar-refractivity contribution in [2.45, 2.75) is 40.0 Å². The van der Waals surface area contributed by atoms with E-state index >= 15 is 0 Å². The molecule has 0 unspecified atom stereocenters. The van der Waals surface area contributed by atoms with Gasteiger partial charge in [0, 0.05) is 19.5 Å². The maximum Gasteiger partial charge on any atom is 0.239 e. The highest BCUT2D eigenvalue weighted by Crippen LogP contribution is 2.30. The minimum absolute atomic E-state index is 0.540. The van der Waals surface area contributed by atoms with Crippen molar-refractivity contribution in [1.82, 2.24) is 4.31 Å². The highest BCUT2D eigenvalue weighted by Gasteiger charge is 2.30. The quantitative estimate of drug-likeness (QED) is 0.771. The van der Waals surface area contributed by atoms with E-state index in [1.54, 1.807) is 4.31 Å². The van der Waals surface area contributed by atoms with Gasteiger partial charge in [-0.1, -0.05) is 23.3 Å². The van der Waals surface area contributed by atoms with Crippen LogP contribution in [0, 0.1) is 0 Å². The molecule has 2 rings (SSSR count). The summed E-state index contributed by atoms with van der Waals surface area (Å²) in [5.74, 6) is 0. The summed E-state index contributed by atoms with van der Waals surface area (Å²) in [5.41, 5.74) is 3.11. The predicted octanol–water partition coefficient (Wildman–Crippen LogP) is 2.98. The summed E-state index contributed by atoms with van der Waals surface area (Å²) in [6.07, 6.45) is 6.54. The van der Waals surface area contributed by atoms with Gasteiger partial charge in [0.25, 0.3) is 0 Å². The van der Waals surface area contributed by atoms with Gasteiger partial charge in [-0.25, -0.2) is 8.42 Å². The molecule has 0 aromatic heterocycles. The third-order valence-corrected chi connectivity index (χ3v) is 5.65. The Hall–Kier alpha value is -0.870. The molecule has 0 aromatic rings. The fourth-order valence-electron chi connectivity index (χ4n) is 2.67. The Kier molecular flexibility index (Phi) is 3.78. The second kappa shape index (κ2) is 5.02. The van der Waals surface area contributed by atoms with E-state index in [0.717, 1.165) is 29.6 Å². The van der Waals surface area contributed by atoms with Gasteiger partial charge in [-0.05, 0) is 39.2 Å².